The quantitative estimate of drug-likeness (QED) is 0.0261. The molecule has 9 heteroatoms. The molecule has 7 atom stereocenters. The Hall–Kier alpha value is -2.63. The summed E-state index contributed by atoms with van der Waals surface area (Å²) < 4.78 is 11.4. The van der Waals surface area contributed by atoms with E-state index in [0.717, 1.165) is 83.5 Å². The smallest absolute Gasteiger partial charge is 0.220 e. The summed E-state index contributed by atoms with van der Waals surface area (Å²) in [5, 5.41) is 54.9. The van der Waals surface area contributed by atoms with Crippen molar-refractivity contribution in [1.82, 2.24) is 5.32 Å². The summed E-state index contributed by atoms with van der Waals surface area (Å²) in [5.41, 5.74) is 0. The van der Waals surface area contributed by atoms with Gasteiger partial charge in [0.2, 0.25) is 5.91 Å². The molecule has 1 fully saturated rings. The zero-order chi connectivity index (χ0) is 58.6. The average molecular weight is 1140 g/mol. The van der Waals surface area contributed by atoms with Gasteiger partial charge >= 0.3 is 0 Å². The van der Waals surface area contributed by atoms with Crippen molar-refractivity contribution in [3.8, 4) is 0 Å². The van der Waals surface area contributed by atoms with Crippen LogP contribution in [-0.4, -0.2) is 87.5 Å². The van der Waals surface area contributed by atoms with E-state index in [1.54, 1.807) is 0 Å². The number of hydrogen-bond acceptors (Lipinski definition) is 8. The minimum absolute atomic E-state index is 0.138. The maximum absolute atomic E-state index is 13.1. The Morgan fingerprint density at radius 1 is 0.432 bits per heavy atom. The largest absolute Gasteiger partial charge is 0.394 e. The normalized spacial score (nSPS) is 18.9. The summed E-state index contributed by atoms with van der Waals surface area (Å²) in [7, 11) is 0. The van der Waals surface area contributed by atoms with Gasteiger partial charge in [0.05, 0.1) is 25.4 Å². The van der Waals surface area contributed by atoms with Crippen LogP contribution in [0.4, 0.5) is 0 Å². The Morgan fingerprint density at radius 2 is 0.765 bits per heavy atom. The Kier molecular flexibility index (Phi) is 57.0. The lowest BCUT2D eigenvalue weighted by Gasteiger charge is -2.40. The van der Waals surface area contributed by atoms with Crippen molar-refractivity contribution in [3.63, 3.8) is 0 Å². The molecule has 0 aliphatic carbocycles. The fourth-order valence-electron chi connectivity index (χ4n) is 10.7. The third kappa shape index (κ3) is 49.4. The Balaban J connectivity index is 2.11. The van der Waals surface area contributed by atoms with E-state index in [1.807, 2.05) is 0 Å². The fourth-order valence-corrected chi connectivity index (χ4v) is 10.7. The number of nitrogens with one attached hydrogen (secondary N) is 1. The van der Waals surface area contributed by atoms with Crippen LogP contribution in [-0.2, 0) is 14.3 Å². The van der Waals surface area contributed by atoms with E-state index in [0.29, 0.717) is 12.8 Å². The van der Waals surface area contributed by atoms with Gasteiger partial charge in [-0.3, -0.25) is 4.79 Å². The molecule has 7 unspecified atom stereocenters. The summed E-state index contributed by atoms with van der Waals surface area (Å²) in [5.74, 6) is -0.143. The number of aliphatic hydroxyl groups excluding tert-OH is 5. The standard InChI is InChI=1S/C72H129NO8/c1-3-5-7-9-11-13-15-17-19-21-23-25-26-27-28-29-30-31-32-33-34-35-36-37-38-39-40-42-44-46-48-50-52-54-56-58-60-62-68(76)73-65(64-80-72-71(79)70(78)69(77)67(63-74)81-72)66(75)61-59-57-55-53-51-49-47-45-43-41-24-22-20-18-16-14-12-10-8-6-4-2/h5,7,11,13,17,19,23,25,27-28,30-31,33-34,65-67,69-72,74-75,77-79H,3-4,6,8-10,12,14-16,18,20-22,24,26,29,32,35-64H2,1-2H3,(H,73,76)/b7-5-,13-11-,19-17-,25-23-,28-27-,31-30-,34-33-. The molecule has 0 aromatic carbocycles. The molecule has 470 valence electrons. The number of aliphatic hydroxyl groups is 5. The molecule has 1 aliphatic rings. The second-order valence-electron chi connectivity index (χ2n) is 23.6. The van der Waals surface area contributed by atoms with Crippen LogP contribution in [0.2, 0.25) is 0 Å². The maximum atomic E-state index is 13.1. The highest BCUT2D eigenvalue weighted by atomic mass is 16.7. The Bertz CT molecular complexity index is 1550. The van der Waals surface area contributed by atoms with Crippen LogP contribution in [0.5, 0.6) is 0 Å². The zero-order valence-electron chi connectivity index (χ0n) is 52.5. The average Bonchev–Trinajstić information content (AvgIpc) is 3.49. The number of carbonyl (C=O) groups is 1. The summed E-state index contributed by atoms with van der Waals surface area (Å²) in [6.45, 7) is 3.76. The molecule has 81 heavy (non-hydrogen) atoms. The van der Waals surface area contributed by atoms with Crippen LogP contribution in [0.1, 0.15) is 309 Å². The first-order chi connectivity index (χ1) is 39.8. The van der Waals surface area contributed by atoms with Gasteiger partial charge in [0.25, 0.3) is 0 Å². The van der Waals surface area contributed by atoms with Crippen LogP contribution in [0, 0.1) is 0 Å². The molecular formula is C72H129NO8. The van der Waals surface area contributed by atoms with Crippen molar-refractivity contribution in [2.75, 3.05) is 13.2 Å². The van der Waals surface area contributed by atoms with E-state index >= 15 is 0 Å². The highest BCUT2D eigenvalue weighted by molar-refractivity contribution is 5.76. The third-order valence-electron chi connectivity index (χ3n) is 16.0. The van der Waals surface area contributed by atoms with Crippen molar-refractivity contribution >= 4 is 5.91 Å². The van der Waals surface area contributed by atoms with Crippen LogP contribution in [0.25, 0.3) is 0 Å². The summed E-state index contributed by atoms with van der Waals surface area (Å²) in [6, 6.07) is -0.724. The van der Waals surface area contributed by atoms with E-state index < -0.39 is 49.5 Å². The van der Waals surface area contributed by atoms with Crippen molar-refractivity contribution in [1.29, 1.82) is 0 Å². The van der Waals surface area contributed by atoms with Gasteiger partial charge in [-0.05, 0) is 70.6 Å². The molecule has 0 spiro atoms. The molecule has 1 amide bonds. The van der Waals surface area contributed by atoms with E-state index in [2.05, 4.69) is 104 Å². The first-order valence-electron chi connectivity index (χ1n) is 34.3. The molecular weight excluding hydrogens is 1010 g/mol. The number of hydrogen-bond donors (Lipinski definition) is 6. The van der Waals surface area contributed by atoms with Crippen molar-refractivity contribution in [3.05, 3.63) is 85.1 Å². The molecule has 1 saturated heterocycles. The molecule has 1 heterocycles. The lowest BCUT2D eigenvalue weighted by Crippen LogP contribution is -2.60. The molecule has 6 N–H and O–H groups in total. The van der Waals surface area contributed by atoms with Crippen LogP contribution in [0.3, 0.4) is 0 Å². The Labute approximate surface area is 499 Å². The monoisotopic (exact) mass is 1140 g/mol. The summed E-state index contributed by atoms with van der Waals surface area (Å²) >= 11 is 0. The first kappa shape index (κ1) is 76.4. The highest BCUT2D eigenvalue weighted by Gasteiger charge is 2.44. The first-order valence-corrected chi connectivity index (χ1v) is 34.3. The predicted octanol–water partition coefficient (Wildman–Crippen LogP) is 18.5. The van der Waals surface area contributed by atoms with Gasteiger partial charge in [-0.25, -0.2) is 0 Å². The van der Waals surface area contributed by atoms with Gasteiger partial charge < -0.3 is 40.3 Å². The molecule has 0 saturated carbocycles. The minimum atomic E-state index is -1.56. The Morgan fingerprint density at radius 3 is 1.14 bits per heavy atom. The summed E-state index contributed by atoms with van der Waals surface area (Å²) in [6.07, 6.45) is 79.2. The maximum Gasteiger partial charge on any atom is 0.220 e. The molecule has 0 aromatic rings. The van der Waals surface area contributed by atoms with E-state index in [1.165, 1.54) is 199 Å². The van der Waals surface area contributed by atoms with Gasteiger partial charge in [0.1, 0.15) is 24.4 Å². The van der Waals surface area contributed by atoms with Crippen molar-refractivity contribution < 1.29 is 39.8 Å². The zero-order valence-corrected chi connectivity index (χ0v) is 52.5. The number of amides is 1. The lowest BCUT2D eigenvalue weighted by molar-refractivity contribution is -0.302. The van der Waals surface area contributed by atoms with Crippen LogP contribution >= 0.6 is 0 Å². The number of ether oxygens (including phenoxy) is 2. The van der Waals surface area contributed by atoms with Crippen LogP contribution in [0.15, 0.2) is 85.1 Å². The SMILES string of the molecule is CC/C=C\C/C=C\C/C=C\C/C=C\C/C=C\C/C=C\C/C=C\CCCCCCCCCCCCCCCCCC(=O)NC(COC1OC(CO)C(O)C(O)C1O)C(O)CCCCCCCCCCCCCCCCCCCCCCC. The number of rotatable bonds is 59. The molecule has 0 bridgehead atoms. The fraction of sp³-hybridized carbons (Fsp3) is 0.792. The molecule has 9 nitrogen and oxygen atoms in total. The van der Waals surface area contributed by atoms with Crippen molar-refractivity contribution in [2.45, 2.75) is 352 Å². The van der Waals surface area contributed by atoms with Crippen molar-refractivity contribution in [2.24, 2.45) is 0 Å². The van der Waals surface area contributed by atoms with Gasteiger partial charge in [0, 0.05) is 6.42 Å². The molecule has 0 radical (unpaired) electrons. The topological polar surface area (TPSA) is 149 Å². The van der Waals surface area contributed by atoms with Gasteiger partial charge in [0.15, 0.2) is 6.29 Å². The molecule has 1 aliphatic heterocycles. The number of carbonyl (C=O) groups excluding carboxylic acids is 1. The van der Waals surface area contributed by atoms with E-state index in [-0.39, 0.29) is 12.5 Å². The van der Waals surface area contributed by atoms with Crippen LogP contribution < -0.4 is 5.32 Å². The molecule has 1 rings (SSSR count). The lowest BCUT2D eigenvalue weighted by atomic mass is 9.99. The predicted molar refractivity (Wildman–Crippen MR) is 345 cm³/mol. The second kappa shape index (κ2) is 60.5. The minimum Gasteiger partial charge on any atom is -0.394 e. The number of allylic oxidation sites excluding steroid dienone is 14. The number of unbranched alkanes of at least 4 members (excludes halogenated alkanes) is 35. The highest BCUT2D eigenvalue weighted by Crippen LogP contribution is 2.23. The second-order valence-corrected chi connectivity index (χ2v) is 23.6. The van der Waals surface area contributed by atoms with Gasteiger partial charge in [-0.15, -0.1) is 0 Å². The molecule has 0 aromatic heterocycles. The van der Waals surface area contributed by atoms with Gasteiger partial charge in [-0.2, -0.15) is 0 Å². The summed E-state index contributed by atoms with van der Waals surface area (Å²) in [4.78, 5) is 13.1. The van der Waals surface area contributed by atoms with Gasteiger partial charge in [-0.1, -0.05) is 317 Å². The third-order valence-corrected chi connectivity index (χ3v) is 16.0. The van der Waals surface area contributed by atoms with E-state index in [9.17, 15) is 30.3 Å². The van der Waals surface area contributed by atoms with E-state index in [4.69, 9.17) is 9.47 Å².